The van der Waals surface area contributed by atoms with E-state index in [0.717, 1.165) is 6.54 Å². The lowest BCUT2D eigenvalue weighted by molar-refractivity contribution is 0.108. The minimum atomic E-state index is 0.282. The average molecular weight is 213 g/mol. The van der Waals surface area contributed by atoms with Crippen LogP contribution in [0.3, 0.4) is 0 Å². The normalized spacial score (nSPS) is 24.4. The van der Waals surface area contributed by atoms with Crippen molar-refractivity contribution in [3.63, 3.8) is 0 Å². The van der Waals surface area contributed by atoms with Crippen LogP contribution in [0.2, 0.25) is 0 Å². The van der Waals surface area contributed by atoms with E-state index in [9.17, 15) is 0 Å². The molecule has 0 bridgehead atoms. The molecule has 1 aliphatic heterocycles. The molecule has 0 amide bonds. The van der Waals surface area contributed by atoms with Crippen molar-refractivity contribution >= 4 is 0 Å². The summed E-state index contributed by atoms with van der Waals surface area (Å²) in [5.41, 5.74) is 0.282. The first-order chi connectivity index (χ1) is 6.91. The van der Waals surface area contributed by atoms with Gasteiger partial charge in [-0.1, -0.05) is 0 Å². The Balaban J connectivity index is 2.35. The molecule has 1 atom stereocenters. The summed E-state index contributed by atoms with van der Waals surface area (Å²) in [6.45, 7) is 11.6. The molecule has 1 saturated heterocycles. The van der Waals surface area contributed by atoms with Gasteiger partial charge in [0.2, 0.25) is 0 Å². The number of piperazine rings is 1. The lowest BCUT2D eigenvalue weighted by Gasteiger charge is -2.42. The molecule has 1 rings (SSSR count). The lowest BCUT2D eigenvalue weighted by atomic mass is 10.00. The first-order valence-corrected chi connectivity index (χ1v) is 6.04. The van der Waals surface area contributed by atoms with Crippen molar-refractivity contribution < 1.29 is 0 Å². The smallest absolute Gasteiger partial charge is 0.0252 e. The Morgan fingerprint density at radius 3 is 2.60 bits per heavy atom. The molecule has 1 N–H and O–H groups in total. The maximum absolute atomic E-state index is 3.56. The van der Waals surface area contributed by atoms with Crippen LogP contribution in [0.4, 0.5) is 0 Å². The molecule has 1 heterocycles. The van der Waals surface area contributed by atoms with Crippen LogP contribution in [0, 0.1) is 0 Å². The van der Waals surface area contributed by atoms with E-state index in [1.54, 1.807) is 0 Å². The van der Waals surface area contributed by atoms with Crippen LogP contribution in [0.15, 0.2) is 0 Å². The molecule has 0 aromatic rings. The number of hydrogen-bond donors (Lipinski definition) is 1. The highest BCUT2D eigenvalue weighted by Crippen LogP contribution is 2.14. The van der Waals surface area contributed by atoms with Gasteiger partial charge in [0.25, 0.3) is 0 Å². The van der Waals surface area contributed by atoms with Gasteiger partial charge in [0.05, 0.1) is 0 Å². The number of nitrogens with one attached hydrogen (secondary N) is 1. The molecular weight excluding hydrogens is 186 g/mol. The topological polar surface area (TPSA) is 18.5 Å². The van der Waals surface area contributed by atoms with Crippen LogP contribution < -0.4 is 5.32 Å². The highest BCUT2D eigenvalue weighted by atomic mass is 15.2. The van der Waals surface area contributed by atoms with Gasteiger partial charge < -0.3 is 10.2 Å². The van der Waals surface area contributed by atoms with Crippen molar-refractivity contribution in [2.75, 3.05) is 40.3 Å². The van der Waals surface area contributed by atoms with Gasteiger partial charge in [0, 0.05) is 31.2 Å². The maximum Gasteiger partial charge on any atom is 0.0252 e. The lowest BCUT2D eigenvalue weighted by Crippen LogP contribution is -2.59. The van der Waals surface area contributed by atoms with Gasteiger partial charge in [0.1, 0.15) is 0 Å². The molecule has 15 heavy (non-hydrogen) atoms. The van der Waals surface area contributed by atoms with E-state index < -0.39 is 0 Å². The van der Waals surface area contributed by atoms with E-state index in [-0.39, 0.29) is 5.54 Å². The highest BCUT2D eigenvalue weighted by molar-refractivity contribution is 4.88. The minimum Gasteiger partial charge on any atom is -0.309 e. The zero-order valence-corrected chi connectivity index (χ0v) is 11.0. The van der Waals surface area contributed by atoms with Crippen molar-refractivity contribution in [3.05, 3.63) is 0 Å². The van der Waals surface area contributed by atoms with Crippen LogP contribution in [0.25, 0.3) is 0 Å². The largest absolute Gasteiger partial charge is 0.309 e. The van der Waals surface area contributed by atoms with Crippen molar-refractivity contribution in [2.24, 2.45) is 0 Å². The second kappa shape index (κ2) is 5.28. The molecule has 0 aromatic heterocycles. The number of nitrogens with zero attached hydrogens (tertiary/aromatic N) is 2. The standard InChI is InChI=1S/C12H27N3/c1-11(6-8-14(4)5)15-9-7-13-12(2,3)10-15/h11,13H,6-10H2,1-5H3. The molecule has 0 spiro atoms. The van der Waals surface area contributed by atoms with Crippen LogP contribution in [0.5, 0.6) is 0 Å². The van der Waals surface area contributed by atoms with Gasteiger partial charge in [0.15, 0.2) is 0 Å². The van der Waals surface area contributed by atoms with Gasteiger partial charge in [-0.25, -0.2) is 0 Å². The molecule has 3 nitrogen and oxygen atoms in total. The molecule has 1 unspecified atom stereocenters. The van der Waals surface area contributed by atoms with Gasteiger partial charge in [-0.05, 0) is 47.8 Å². The van der Waals surface area contributed by atoms with Gasteiger partial charge in [-0.15, -0.1) is 0 Å². The molecule has 90 valence electrons. The Bertz CT molecular complexity index is 189. The average Bonchev–Trinajstić information content (AvgIpc) is 2.12. The van der Waals surface area contributed by atoms with Crippen molar-refractivity contribution in [2.45, 2.75) is 38.8 Å². The van der Waals surface area contributed by atoms with Crippen LogP contribution >= 0.6 is 0 Å². The SMILES string of the molecule is CC(CCN(C)C)N1CCNC(C)(C)C1. The predicted molar refractivity (Wildman–Crippen MR) is 66.3 cm³/mol. The predicted octanol–water partition coefficient (Wildman–Crippen LogP) is 1.01. The van der Waals surface area contributed by atoms with Crippen LogP contribution in [-0.4, -0.2) is 61.7 Å². The van der Waals surface area contributed by atoms with Gasteiger partial charge in [-0.2, -0.15) is 0 Å². The Morgan fingerprint density at radius 1 is 1.40 bits per heavy atom. The fourth-order valence-electron chi connectivity index (χ4n) is 2.18. The van der Waals surface area contributed by atoms with E-state index in [1.165, 1.54) is 26.1 Å². The van der Waals surface area contributed by atoms with Gasteiger partial charge >= 0.3 is 0 Å². The quantitative estimate of drug-likeness (QED) is 0.752. The first kappa shape index (κ1) is 12.9. The van der Waals surface area contributed by atoms with Crippen molar-refractivity contribution in [3.8, 4) is 0 Å². The summed E-state index contributed by atoms with van der Waals surface area (Å²) in [5.74, 6) is 0. The number of hydrogen-bond acceptors (Lipinski definition) is 3. The molecule has 1 fully saturated rings. The molecule has 0 saturated carbocycles. The fraction of sp³-hybridized carbons (Fsp3) is 1.00. The maximum atomic E-state index is 3.56. The van der Waals surface area contributed by atoms with Crippen molar-refractivity contribution in [1.82, 2.24) is 15.1 Å². The summed E-state index contributed by atoms with van der Waals surface area (Å²) in [6.07, 6.45) is 1.27. The highest BCUT2D eigenvalue weighted by Gasteiger charge is 2.27. The minimum absolute atomic E-state index is 0.282. The summed E-state index contributed by atoms with van der Waals surface area (Å²) in [5, 5.41) is 3.56. The molecule has 0 aromatic carbocycles. The van der Waals surface area contributed by atoms with E-state index in [2.05, 4.69) is 50.0 Å². The summed E-state index contributed by atoms with van der Waals surface area (Å²) >= 11 is 0. The molecule has 1 aliphatic rings. The summed E-state index contributed by atoms with van der Waals surface area (Å²) < 4.78 is 0. The van der Waals surface area contributed by atoms with E-state index >= 15 is 0 Å². The second-order valence-electron chi connectivity index (χ2n) is 5.72. The zero-order chi connectivity index (χ0) is 11.5. The molecule has 0 radical (unpaired) electrons. The van der Waals surface area contributed by atoms with Crippen molar-refractivity contribution in [1.29, 1.82) is 0 Å². The third-order valence-corrected chi connectivity index (χ3v) is 3.22. The third-order valence-electron chi connectivity index (χ3n) is 3.22. The van der Waals surface area contributed by atoms with Gasteiger partial charge in [-0.3, -0.25) is 4.90 Å². The van der Waals surface area contributed by atoms with Crippen LogP contribution in [0.1, 0.15) is 27.2 Å². The monoisotopic (exact) mass is 213 g/mol. The molecule has 3 heteroatoms. The Morgan fingerprint density at radius 2 is 2.07 bits per heavy atom. The van der Waals surface area contributed by atoms with Crippen LogP contribution in [-0.2, 0) is 0 Å². The summed E-state index contributed by atoms with van der Waals surface area (Å²) in [7, 11) is 4.29. The number of rotatable bonds is 4. The second-order valence-corrected chi connectivity index (χ2v) is 5.72. The first-order valence-electron chi connectivity index (χ1n) is 6.04. The van der Waals surface area contributed by atoms with E-state index in [4.69, 9.17) is 0 Å². The molecule has 0 aliphatic carbocycles. The molecular formula is C12H27N3. The Hall–Kier alpha value is -0.120. The van der Waals surface area contributed by atoms with E-state index in [1.807, 2.05) is 0 Å². The van der Waals surface area contributed by atoms with E-state index in [0.29, 0.717) is 6.04 Å². The Kier molecular flexibility index (Phi) is 4.56. The Labute approximate surface area is 94.8 Å². The fourth-order valence-corrected chi connectivity index (χ4v) is 2.18. The zero-order valence-electron chi connectivity index (χ0n) is 11.0. The summed E-state index contributed by atoms with van der Waals surface area (Å²) in [6, 6.07) is 0.703. The third kappa shape index (κ3) is 4.49. The summed E-state index contributed by atoms with van der Waals surface area (Å²) in [4.78, 5) is 4.88.